The van der Waals surface area contributed by atoms with E-state index in [4.69, 9.17) is 25.9 Å². The molecule has 3 heterocycles. The van der Waals surface area contributed by atoms with Crippen LogP contribution < -0.4 is 11.2 Å². The normalized spacial score (nSPS) is 28.9. The number of hydrogen-bond donors (Lipinski definition) is 2. The largest absolute Gasteiger partial charge is 0.408 e. The van der Waals surface area contributed by atoms with Crippen molar-refractivity contribution in [1.82, 2.24) is 9.55 Å². The van der Waals surface area contributed by atoms with Crippen LogP contribution in [0.5, 0.6) is 0 Å². The first-order chi connectivity index (χ1) is 14.2. The molecule has 0 aromatic carbocycles. The topological polar surface area (TPSA) is 82.6 Å². The average Bonchev–Trinajstić information content (AvgIpc) is 3.21. The molecule has 0 bridgehead atoms. The van der Waals surface area contributed by atoms with Crippen molar-refractivity contribution < 1.29 is 18.1 Å². The summed E-state index contributed by atoms with van der Waals surface area (Å²) in [6.45, 7) is 12.0. The third kappa shape index (κ3) is 5.64. The number of nitrogens with one attached hydrogen (secondary N) is 1. The molecule has 31 heavy (non-hydrogen) atoms. The van der Waals surface area contributed by atoms with Gasteiger partial charge in [0.2, 0.25) is 0 Å². The molecule has 1 aromatic heterocycles. The van der Waals surface area contributed by atoms with Gasteiger partial charge in [-0.05, 0) is 25.1 Å². The number of thiol groups is 1. The maximum Gasteiger partial charge on any atom is 0.330 e. The van der Waals surface area contributed by atoms with Crippen LogP contribution in [-0.2, 0) is 13.7 Å². The predicted octanol–water partition coefficient (Wildman–Crippen LogP) is 4.57. The Morgan fingerprint density at radius 3 is 2.55 bits per heavy atom. The molecule has 1 aromatic rings. The van der Waals surface area contributed by atoms with Gasteiger partial charge in [0.15, 0.2) is 20.7 Å². The Kier molecular flexibility index (Phi) is 7.86. The van der Waals surface area contributed by atoms with E-state index < -0.39 is 49.3 Å². The van der Waals surface area contributed by atoms with Gasteiger partial charge in [-0.15, -0.1) is 12.2 Å². The molecule has 177 valence electrons. The van der Waals surface area contributed by atoms with Gasteiger partial charge in [0.1, 0.15) is 17.3 Å². The maximum absolute atomic E-state index is 15.8. The third-order valence-electron chi connectivity index (χ3n) is 5.92. The van der Waals surface area contributed by atoms with Gasteiger partial charge in [0.05, 0.1) is 6.61 Å². The van der Waals surface area contributed by atoms with E-state index in [0.717, 1.165) is 16.1 Å². The molecule has 3 rings (SSSR count). The lowest BCUT2D eigenvalue weighted by Gasteiger charge is -2.39. The lowest BCUT2D eigenvalue weighted by Crippen LogP contribution is -2.49. The van der Waals surface area contributed by atoms with Crippen LogP contribution in [-0.4, -0.2) is 54.4 Å². The highest BCUT2D eigenvalue weighted by molar-refractivity contribution is 9.15. The lowest BCUT2D eigenvalue weighted by molar-refractivity contribution is -0.0416. The number of alkyl halides is 1. The van der Waals surface area contributed by atoms with Crippen LogP contribution in [0.3, 0.4) is 0 Å². The molecular formula is C18H31FN2O5PS3Si. The highest BCUT2D eigenvalue weighted by Crippen LogP contribution is 2.87. The number of aromatic amines is 1. The number of H-pyrrole nitrogens is 1. The second kappa shape index (κ2) is 9.44. The number of aryl methyl sites for hydroxylation is 1. The van der Waals surface area contributed by atoms with Crippen molar-refractivity contribution in [1.29, 1.82) is 0 Å². The SMILES string of the molecule is Cc1cn([C@@H]2O[C@H](CO[P]3(S)SCCS3)[C@@H](O[Si](C)(C)C(C)(C)C)[C@H]2F)c(=O)[nH]c1=O. The number of hydrogen-bond acceptors (Lipinski definition) is 8. The number of rotatable bonds is 6. The first kappa shape index (κ1) is 25.8. The second-order valence-corrected chi connectivity index (χ2v) is 25.2. The maximum atomic E-state index is 15.8. The molecule has 0 aliphatic carbocycles. The molecule has 1 N–H and O–H groups in total. The molecule has 7 nitrogen and oxygen atoms in total. The number of halogens is 1. The molecule has 2 fully saturated rings. The molecule has 4 atom stereocenters. The lowest BCUT2D eigenvalue weighted by atomic mass is 10.1. The summed E-state index contributed by atoms with van der Waals surface area (Å²) in [5.41, 5.74) is -0.910. The zero-order valence-electron chi connectivity index (χ0n) is 18.6. The van der Waals surface area contributed by atoms with E-state index >= 15 is 4.39 Å². The van der Waals surface area contributed by atoms with Gasteiger partial charge in [-0.1, -0.05) is 43.5 Å². The van der Waals surface area contributed by atoms with Crippen LogP contribution in [0.25, 0.3) is 0 Å². The van der Waals surface area contributed by atoms with Crippen molar-refractivity contribution in [2.24, 2.45) is 0 Å². The van der Waals surface area contributed by atoms with Crippen molar-refractivity contribution in [3.8, 4) is 0 Å². The molecule has 13 heteroatoms. The summed E-state index contributed by atoms with van der Waals surface area (Å²) in [6, 6.07) is 0. The molecule has 1 radical (unpaired) electrons. The van der Waals surface area contributed by atoms with E-state index in [9.17, 15) is 9.59 Å². The molecule has 0 amide bonds. The Balaban J connectivity index is 1.89. The minimum Gasteiger partial charge on any atom is -0.408 e. The van der Waals surface area contributed by atoms with E-state index in [1.807, 2.05) is 0 Å². The first-order valence-corrected chi connectivity index (χ1v) is 19.0. The quantitative estimate of drug-likeness (QED) is 0.317. The van der Waals surface area contributed by atoms with Crippen LogP contribution in [0.15, 0.2) is 15.8 Å². The Labute approximate surface area is 196 Å². The number of nitrogens with zero attached hydrogens (tertiary/aromatic N) is 1. The van der Waals surface area contributed by atoms with E-state index in [1.54, 1.807) is 29.7 Å². The fraction of sp³-hybridized carbons (Fsp3) is 0.778. The van der Waals surface area contributed by atoms with Crippen LogP contribution in [0.2, 0.25) is 18.1 Å². The van der Waals surface area contributed by atoms with Crippen LogP contribution >= 0.6 is 40.1 Å². The van der Waals surface area contributed by atoms with E-state index in [1.165, 1.54) is 6.20 Å². The summed E-state index contributed by atoms with van der Waals surface area (Å²) in [6.07, 6.45) is -3.05. The summed E-state index contributed by atoms with van der Waals surface area (Å²) >= 11 is 8.09. The third-order valence-corrected chi connectivity index (χ3v) is 20.6. The summed E-state index contributed by atoms with van der Waals surface area (Å²) in [5, 5.41) is -2.08. The van der Waals surface area contributed by atoms with Crippen LogP contribution in [0.1, 0.15) is 32.6 Å². The zero-order valence-corrected chi connectivity index (χ0v) is 23.0. The fourth-order valence-corrected chi connectivity index (χ4v) is 13.4. The minimum absolute atomic E-state index is 0.128. The van der Waals surface area contributed by atoms with Gasteiger partial charge in [-0.2, -0.15) is 0 Å². The highest BCUT2D eigenvalue weighted by Gasteiger charge is 2.52. The molecule has 2 aliphatic rings. The predicted molar refractivity (Wildman–Crippen MR) is 134 cm³/mol. The van der Waals surface area contributed by atoms with E-state index in [-0.39, 0.29) is 11.6 Å². The van der Waals surface area contributed by atoms with Crippen molar-refractivity contribution in [3.05, 3.63) is 32.6 Å². The Morgan fingerprint density at radius 1 is 1.35 bits per heavy atom. The Morgan fingerprint density at radius 2 is 1.97 bits per heavy atom. The minimum atomic E-state index is -2.34. The molecule has 0 spiro atoms. The van der Waals surface area contributed by atoms with Crippen LogP contribution in [0.4, 0.5) is 4.39 Å². The van der Waals surface area contributed by atoms with Crippen LogP contribution in [0, 0.1) is 6.92 Å². The summed E-state index contributed by atoms with van der Waals surface area (Å²) in [4.78, 5) is 26.4. The van der Waals surface area contributed by atoms with E-state index in [0.29, 0.717) is 5.56 Å². The van der Waals surface area contributed by atoms with Gasteiger partial charge < -0.3 is 13.7 Å². The van der Waals surface area contributed by atoms with Crippen molar-refractivity contribution >= 4 is 48.4 Å². The molecule has 2 aliphatic heterocycles. The van der Waals surface area contributed by atoms with Crippen molar-refractivity contribution in [3.63, 3.8) is 0 Å². The van der Waals surface area contributed by atoms with Gasteiger partial charge in [-0.3, -0.25) is 14.3 Å². The first-order valence-electron chi connectivity index (χ1n) is 10.1. The number of aromatic nitrogens is 2. The summed E-state index contributed by atoms with van der Waals surface area (Å²) < 4.78 is 35.4. The Hall–Kier alpha value is 0.187. The summed E-state index contributed by atoms with van der Waals surface area (Å²) in [7, 11) is -2.34. The standard InChI is InChI=1S/C18H31FN2O5PS3Si/c1-11-9-21(17(23)20-15(11)22)16-13(19)14(26-31(5,6)18(2,3)4)12(25-16)10-24-27(28)29-7-8-30-27/h9,12-14,16,28H,7-8,10H2,1-6H3,(H,20,22,23)/t12-,13-,14-,16-/m1/s1. The molecule has 2 saturated heterocycles. The zero-order chi connectivity index (χ0) is 23.2. The molecular weight excluding hydrogens is 498 g/mol. The van der Waals surface area contributed by atoms with Gasteiger partial charge in [0, 0.05) is 23.3 Å². The second-order valence-electron chi connectivity index (χ2n) is 9.26. The highest BCUT2D eigenvalue weighted by atomic mass is 33.4. The van der Waals surface area contributed by atoms with Crippen molar-refractivity contribution in [2.45, 2.75) is 70.4 Å². The molecule has 0 saturated carbocycles. The number of ether oxygens (including phenoxy) is 1. The van der Waals surface area contributed by atoms with Gasteiger partial charge in [0.25, 0.3) is 5.56 Å². The Bertz CT molecular complexity index is 919. The average molecular weight is 530 g/mol. The van der Waals surface area contributed by atoms with Gasteiger partial charge in [-0.25, -0.2) is 9.18 Å². The summed E-state index contributed by atoms with van der Waals surface area (Å²) in [5.74, 6) is 1.94. The monoisotopic (exact) mass is 529 g/mol. The van der Waals surface area contributed by atoms with E-state index in [2.05, 4.69) is 38.8 Å². The smallest absolute Gasteiger partial charge is 0.330 e. The van der Waals surface area contributed by atoms with Crippen molar-refractivity contribution in [2.75, 3.05) is 18.1 Å². The van der Waals surface area contributed by atoms with Gasteiger partial charge >= 0.3 is 5.69 Å². The fourth-order valence-electron chi connectivity index (χ4n) is 3.07. The molecule has 0 unspecified atom stereocenters.